The minimum Gasteiger partial charge on any atom is -0.463 e. The zero-order valence-corrected chi connectivity index (χ0v) is 14.7. The Morgan fingerprint density at radius 3 is 2.44 bits per heavy atom. The molecule has 2 aromatic carbocycles. The number of carbonyl (C=O) groups excluding carboxylic acids is 1. The van der Waals surface area contributed by atoms with Gasteiger partial charge in [-0.3, -0.25) is 4.79 Å². The second kappa shape index (κ2) is 5.31. The molecule has 3 aliphatic carbocycles. The van der Waals surface area contributed by atoms with Crippen LogP contribution in [0.3, 0.4) is 0 Å². The summed E-state index contributed by atoms with van der Waals surface area (Å²) in [5.74, 6) is -1.39. The second-order valence-electron chi connectivity index (χ2n) is 7.10. The lowest BCUT2D eigenvalue weighted by Gasteiger charge is -2.53. The molecule has 5 rings (SSSR count). The van der Waals surface area contributed by atoms with Crippen molar-refractivity contribution in [3.63, 3.8) is 0 Å². The standard InChI is InChI=1S/C20H19ClO4/c1-11(2)25-18(22)17-10-19(23)13-5-3-4-6-14(13)20(17,24)15-8-7-12(21)9-16(15)19/h3-9,11,17,23-24H,10H2,1-2H3. The molecule has 0 fully saturated rings. The number of carbonyl (C=O) groups is 1. The fourth-order valence-corrected chi connectivity index (χ4v) is 4.44. The van der Waals surface area contributed by atoms with E-state index in [0.717, 1.165) is 0 Å². The van der Waals surface area contributed by atoms with E-state index < -0.39 is 23.1 Å². The molecule has 25 heavy (non-hydrogen) atoms. The van der Waals surface area contributed by atoms with Crippen LogP contribution in [0.15, 0.2) is 42.5 Å². The van der Waals surface area contributed by atoms with Gasteiger partial charge >= 0.3 is 5.97 Å². The van der Waals surface area contributed by atoms with Crippen LogP contribution >= 0.6 is 11.6 Å². The summed E-state index contributed by atoms with van der Waals surface area (Å²) in [5, 5.41) is 23.7. The Kier molecular flexibility index (Phi) is 3.52. The molecule has 2 N–H and O–H groups in total. The minimum atomic E-state index is -1.55. The van der Waals surface area contributed by atoms with Crippen molar-refractivity contribution in [2.45, 2.75) is 37.6 Å². The van der Waals surface area contributed by atoms with E-state index in [9.17, 15) is 15.0 Å². The van der Waals surface area contributed by atoms with E-state index in [0.29, 0.717) is 27.3 Å². The van der Waals surface area contributed by atoms with Crippen LogP contribution < -0.4 is 0 Å². The first-order chi connectivity index (χ1) is 11.8. The van der Waals surface area contributed by atoms with Crippen LogP contribution in [0, 0.1) is 5.92 Å². The van der Waals surface area contributed by atoms with Gasteiger partial charge in [0.15, 0.2) is 0 Å². The summed E-state index contributed by atoms with van der Waals surface area (Å²) >= 11 is 6.13. The maximum absolute atomic E-state index is 12.7. The summed E-state index contributed by atoms with van der Waals surface area (Å²) in [6.45, 7) is 3.53. The van der Waals surface area contributed by atoms with Crippen molar-refractivity contribution >= 4 is 17.6 Å². The summed E-state index contributed by atoms with van der Waals surface area (Å²) in [7, 11) is 0. The van der Waals surface area contributed by atoms with Gasteiger partial charge < -0.3 is 14.9 Å². The number of fused-ring (bicyclic) bond motifs is 1. The summed E-state index contributed by atoms with van der Waals surface area (Å²) in [5.41, 5.74) is -0.718. The van der Waals surface area contributed by atoms with Crippen LogP contribution in [0.2, 0.25) is 5.02 Å². The Bertz CT molecular complexity index is 878. The van der Waals surface area contributed by atoms with Crippen LogP contribution in [0.5, 0.6) is 0 Å². The highest BCUT2D eigenvalue weighted by Gasteiger charge is 2.62. The first-order valence-corrected chi connectivity index (χ1v) is 8.72. The molecule has 0 aromatic heterocycles. The number of benzene rings is 2. The Morgan fingerprint density at radius 1 is 1.12 bits per heavy atom. The zero-order valence-electron chi connectivity index (χ0n) is 14.0. The molecule has 0 heterocycles. The quantitative estimate of drug-likeness (QED) is 0.809. The molecule has 3 unspecified atom stereocenters. The van der Waals surface area contributed by atoms with E-state index in [1.807, 2.05) is 6.07 Å². The SMILES string of the molecule is CC(C)OC(=O)C1CC2(O)c3ccccc3C1(O)c1ccc(Cl)cc12. The third kappa shape index (κ3) is 2.11. The van der Waals surface area contributed by atoms with Crippen molar-refractivity contribution in [3.8, 4) is 0 Å². The minimum absolute atomic E-state index is 0.0550. The van der Waals surface area contributed by atoms with Crippen LogP contribution in [0.4, 0.5) is 0 Å². The summed E-state index contributed by atoms with van der Waals surface area (Å²) in [4.78, 5) is 12.7. The van der Waals surface area contributed by atoms with Crippen molar-refractivity contribution in [2.75, 3.05) is 0 Å². The smallest absolute Gasteiger partial charge is 0.312 e. The molecule has 2 aromatic rings. The average Bonchev–Trinajstić information content (AvgIpc) is 2.56. The lowest BCUT2D eigenvalue weighted by Crippen LogP contribution is -2.57. The third-order valence-electron chi connectivity index (χ3n) is 5.26. The molecule has 0 spiro atoms. The average molecular weight is 359 g/mol. The number of hydrogen-bond acceptors (Lipinski definition) is 4. The molecule has 0 aliphatic heterocycles. The zero-order chi connectivity index (χ0) is 18.0. The second-order valence-corrected chi connectivity index (χ2v) is 7.54. The predicted molar refractivity (Wildman–Crippen MR) is 93.2 cm³/mol. The molecule has 5 heteroatoms. The first-order valence-electron chi connectivity index (χ1n) is 8.34. The van der Waals surface area contributed by atoms with Gasteiger partial charge in [0.1, 0.15) is 11.2 Å². The number of rotatable bonds is 2. The number of esters is 1. The fraction of sp³-hybridized carbons (Fsp3) is 0.350. The third-order valence-corrected chi connectivity index (χ3v) is 5.50. The van der Waals surface area contributed by atoms with Crippen molar-refractivity contribution in [3.05, 3.63) is 69.7 Å². The monoisotopic (exact) mass is 358 g/mol. The molecule has 3 atom stereocenters. The van der Waals surface area contributed by atoms with E-state index >= 15 is 0 Å². The van der Waals surface area contributed by atoms with Gasteiger partial charge in [-0.15, -0.1) is 0 Å². The van der Waals surface area contributed by atoms with E-state index in [1.165, 1.54) is 0 Å². The van der Waals surface area contributed by atoms with Gasteiger partial charge in [-0.2, -0.15) is 0 Å². The van der Waals surface area contributed by atoms with Crippen molar-refractivity contribution < 1.29 is 19.7 Å². The Labute approximate surface area is 151 Å². The highest BCUT2D eigenvalue weighted by molar-refractivity contribution is 6.30. The molecular formula is C20H19ClO4. The first kappa shape index (κ1) is 16.6. The molecule has 0 radical (unpaired) electrons. The molecule has 0 saturated carbocycles. The Morgan fingerprint density at radius 2 is 1.76 bits per heavy atom. The van der Waals surface area contributed by atoms with Gasteiger partial charge in [-0.25, -0.2) is 0 Å². The maximum atomic E-state index is 12.7. The van der Waals surface area contributed by atoms with Gasteiger partial charge in [-0.05, 0) is 48.2 Å². The molecule has 0 amide bonds. The highest BCUT2D eigenvalue weighted by Crippen LogP contribution is 2.60. The molecule has 2 bridgehead atoms. The molecule has 130 valence electrons. The van der Waals surface area contributed by atoms with Crippen molar-refractivity contribution in [1.29, 1.82) is 0 Å². The lowest BCUT2D eigenvalue weighted by atomic mass is 9.54. The summed E-state index contributed by atoms with van der Waals surface area (Å²) in [6, 6.07) is 12.2. The van der Waals surface area contributed by atoms with Gasteiger partial charge in [-0.1, -0.05) is 41.9 Å². The number of hydrogen-bond donors (Lipinski definition) is 2. The van der Waals surface area contributed by atoms with E-state index in [-0.39, 0.29) is 12.5 Å². The largest absolute Gasteiger partial charge is 0.463 e. The highest BCUT2D eigenvalue weighted by atomic mass is 35.5. The number of aliphatic hydroxyl groups is 2. The van der Waals surface area contributed by atoms with Crippen LogP contribution in [0.1, 0.15) is 42.5 Å². The topological polar surface area (TPSA) is 66.8 Å². The van der Waals surface area contributed by atoms with E-state index in [4.69, 9.17) is 16.3 Å². The normalized spacial score (nSPS) is 29.3. The van der Waals surface area contributed by atoms with Crippen molar-refractivity contribution in [1.82, 2.24) is 0 Å². The van der Waals surface area contributed by atoms with Gasteiger partial charge in [0.25, 0.3) is 0 Å². The molecule has 0 saturated heterocycles. The number of halogens is 1. The summed E-state index contributed by atoms with van der Waals surface area (Å²) < 4.78 is 5.37. The van der Waals surface area contributed by atoms with E-state index in [1.54, 1.807) is 50.2 Å². The Hall–Kier alpha value is -1.88. The fourth-order valence-electron chi connectivity index (χ4n) is 4.26. The van der Waals surface area contributed by atoms with Crippen LogP contribution in [-0.2, 0) is 20.7 Å². The Balaban J connectivity index is 1.99. The van der Waals surface area contributed by atoms with Gasteiger partial charge in [0.2, 0.25) is 0 Å². The predicted octanol–water partition coefficient (Wildman–Crippen LogP) is 3.10. The molecule has 4 nitrogen and oxygen atoms in total. The van der Waals surface area contributed by atoms with E-state index in [2.05, 4.69) is 0 Å². The maximum Gasteiger partial charge on any atom is 0.312 e. The number of ether oxygens (including phenoxy) is 1. The van der Waals surface area contributed by atoms with Crippen molar-refractivity contribution in [2.24, 2.45) is 5.92 Å². The van der Waals surface area contributed by atoms with Gasteiger partial charge in [0.05, 0.1) is 12.0 Å². The van der Waals surface area contributed by atoms with Crippen LogP contribution in [0.25, 0.3) is 0 Å². The molecular weight excluding hydrogens is 340 g/mol. The molecule has 3 aliphatic rings. The van der Waals surface area contributed by atoms with Crippen LogP contribution in [-0.4, -0.2) is 22.3 Å². The van der Waals surface area contributed by atoms with Gasteiger partial charge in [0, 0.05) is 11.4 Å². The lowest BCUT2D eigenvalue weighted by molar-refractivity contribution is -0.170. The summed E-state index contributed by atoms with van der Waals surface area (Å²) in [6.07, 6.45) is -0.245.